The lowest BCUT2D eigenvalue weighted by Crippen LogP contribution is -2.47. The molecule has 0 N–H and O–H groups in total. The van der Waals surface area contributed by atoms with Gasteiger partial charge in [0.05, 0.1) is 10.6 Å². The Kier molecular flexibility index (Phi) is 5.08. The van der Waals surface area contributed by atoms with E-state index in [1.807, 2.05) is 36.0 Å². The van der Waals surface area contributed by atoms with Crippen LogP contribution in [0.2, 0.25) is 5.02 Å². The van der Waals surface area contributed by atoms with E-state index in [0.717, 1.165) is 23.9 Å². The third-order valence-electron chi connectivity index (χ3n) is 4.15. The third kappa shape index (κ3) is 3.92. The molecule has 0 atom stereocenters. The lowest BCUT2D eigenvalue weighted by atomic mass is 10.2. The molecule has 0 aromatic carbocycles. The minimum absolute atomic E-state index is 0.00315. The van der Waals surface area contributed by atoms with E-state index in [2.05, 4.69) is 20.1 Å². The predicted molar refractivity (Wildman–Crippen MR) is 95.0 cm³/mol. The number of piperazine rings is 1. The van der Waals surface area contributed by atoms with E-state index in [-0.39, 0.29) is 5.02 Å². The zero-order valence-corrected chi connectivity index (χ0v) is 15.1. The van der Waals surface area contributed by atoms with Gasteiger partial charge in [-0.15, -0.1) is 10.2 Å². The van der Waals surface area contributed by atoms with Crippen molar-refractivity contribution in [3.05, 3.63) is 35.0 Å². The third-order valence-corrected chi connectivity index (χ3v) is 4.43. The van der Waals surface area contributed by atoms with Crippen molar-refractivity contribution in [3.8, 4) is 0 Å². The number of hydrogen-bond acceptors (Lipinski definition) is 6. The van der Waals surface area contributed by atoms with E-state index in [4.69, 9.17) is 11.6 Å². The topological polar surface area (TPSA) is 48.4 Å². The van der Waals surface area contributed by atoms with Crippen LogP contribution in [0.25, 0.3) is 0 Å². The molecule has 1 saturated heterocycles. The molecule has 1 aliphatic rings. The van der Waals surface area contributed by atoms with Crippen LogP contribution in [0, 0.1) is 0 Å². The number of anilines is 3. The first kappa shape index (κ1) is 18.5. The summed E-state index contributed by atoms with van der Waals surface area (Å²) < 4.78 is 38.2. The molecule has 6 nitrogen and oxygen atoms in total. The summed E-state index contributed by atoms with van der Waals surface area (Å²) in [7, 11) is 3.78. The minimum Gasteiger partial charge on any atom is -0.361 e. The molecule has 0 saturated carbocycles. The second-order valence-corrected chi connectivity index (χ2v) is 6.55. The van der Waals surface area contributed by atoms with Crippen LogP contribution < -0.4 is 14.7 Å². The molecule has 3 heterocycles. The van der Waals surface area contributed by atoms with Crippen molar-refractivity contribution in [1.82, 2.24) is 15.2 Å². The molecule has 3 rings (SSSR count). The molecule has 140 valence electrons. The first-order valence-corrected chi connectivity index (χ1v) is 8.37. The standard InChI is InChI=1S/C16H18ClF3N6/c1-24(2)13-3-4-14(23-22-13)25-5-7-26(8-6-25)15-12(17)9-11(10-21-15)16(18,19)20/h3-4,9-10H,5-8H2,1-2H3. The van der Waals surface area contributed by atoms with Crippen molar-refractivity contribution in [2.24, 2.45) is 0 Å². The van der Waals surface area contributed by atoms with E-state index in [9.17, 15) is 13.2 Å². The highest BCUT2D eigenvalue weighted by Gasteiger charge is 2.32. The Morgan fingerprint density at radius 3 is 2.19 bits per heavy atom. The quantitative estimate of drug-likeness (QED) is 0.808. The fraction of sp³-hybridized carbons (Fsp3) is 0.438. The summed E-state index contributed by atoms with van der Waals surface area (Å²) in [6.45, 7) is 2.45. The van der Waals surface area contributed by atoms with Crippen LogP contribution in [0.4, 0.5) is 30.6 Å². The van der Waals surface area contributed by atoms with Gasteiger partial charge >= 0.3 is 6.18 Å². The summed E-state index contributed by atoms with van der Waals surface area (Å²) in [4.78, 5) is 9.73. The van der Waals surface area contributed by atoms with Crippen LogP contribution in [-0.4, -0.2) is 55.5 Å². The maximum atomic E-state index is 12.7. The van der Waals surface area contributed by atoms with Gasteiger partial charge in [-0.2, -0.15) is 13.2 Å². The molecule has 2 aromatic heterocycles. The zero-order valence-electron chi connectivity index (χ0n) is 14.3. The number of pyridine rings is 1. The summed E-state index contributed by atoms with van der Waals surface area (Å²) >= 11 is 6.02. The van der Waals surface area contributed by atoms with E-state index in [1.165, 1.54) is 0 Å². The molecule has 1 fully saturated rings. The normalized spacial score (nSPS) is 15.3. The summed E-state index contributed by atoms with van der Waals surface area (Å²) in [5, 5.41) is 8.39. The van der Waals surface area contributed by atoms with Gasteiger partial charge in [0.25, 0.3) is 0 Å². The van der Waals surface area contributed by atoms with Gasteiger partial charge in [-0.25, -0.2) is 4.98 Å². The van der Waals surface area contributed by atoms with Gasteiger partial charge in [0.2, 0.25) is 0 Å². The smallest absolute Gasteiger partial charge is 0.361 e. The Morgan fingerprint density at radius 2 is 1.69 bits per heavy atom. The molecule has 0 amide bonds. The minimum atomic E-state index is -4.45. The number of hydrogen-bond donors (Lipinski definition) is 0. The van der Waals surface area contributed by atoms with Crippen molar-refractivity contribution < 1.29 is 13.2 Å². The van der Waals surface area contributed by atoms with Gasteiger partial charge in [0.1, 0.15) is 5.82 Å². The monoisotopic (exact) mass is 386 g/mol. The summed E-state index contributed by atoms with van der Waals surface area (Å²) in [6, 6.07) is 4.71. The number of nitrogens with zero attached hydrogens (tertiary/aromatic N) is 6. The largest absolute Gasteiger partial charge is 0.417 e. The summed E-state index contributed by atoms with van der Waals surface area (Å²) in [5.41, 5.74) is -0.846. The lowest BCUT2D eigenvalue weighted by Gasteiger charge is -2.36. The van der Waals surface area contributed by atoms with Crippen molar-refractivity contribution in [3.63, 3.8) is 0 Å². The van der Waals surface area contributed by atoms with E-state index < -0.39 is 11.7 Å². The summed E-state index contributed by atoms with van der Waals surface area (Å²) in [5.74, 6) is 1.91. The highest BCUT2D eigenvalue weighted by atomic mass is 35.5. The fourth-order valence-electron chi connectivity index (χ4n) is 2.69. The second-order valence-electron chi connectivity index (χ2n) is 6.15. The first-order valence-electron chi connectivity index (χ1n) is 7.99. The molecule has 0 bridgehead atoms. The number of rotatable bonds is 3. The van der Waals surface area contributed by atoms with Gasteiger partial charge in [-0.1, -0.05) is 11.6 Å². The van der Waals surface area contributed by atoms with Crippen LogP contribution in [0.3, 0.4) is 0 Å². The SMILES string of the molecule is CN(C)c1ccc(N2CCN(c3ncc(C(F)(F)F)cc3Cl)CC2)nn1. The Morgan fingerprint density at radius 1 is 1.04 bits per heavy atom. The van der Waals surface area contributed by atoms with Gasteiger partial charge in [0, 0.05) is 46.5 Å². The first-order chi connectivity index (χ1) is 12.3. The molecule has 10 heteroatoms. The maximum Gasteiger partial charge on any atom is 0.417 e. The molecule has 0 aliphatic carbocycles. The summed E-state index contributed by atoms with van der Waals surface area (Å²) in [6.07, 6.45) is -3.63. The Balaban J connectivity index is 1.67. The zero-order chi connectivity index (χ0) is 18.9. The van der Waals surface area contributed by atoms with Crippen LogP contribution in [0.5, 0.6) is 0 Å². The molecular weight excluding hydrogens is 369 g/mol. The van der Waals surface area contributed by atoms with Gasteiger partial charge in [0.15, 0.2) is 11.6 Å². The van der Waals surface area contributed by atoms with Gasteiger partial charge in [-0.05, 0) is 18.2 Å². The number of aromatic nitrogens is 3. The Bertz CT molecular complexity index is 758. The van der Waals surface area contributed by atoms with Gasteiger partial charge < -0.3 is 14.7 Å². The van der Waals surface area contributed by atoms with Crippen molar-refractivity contribution in [2.45, 2.75) is 6.18 Å². The maximum absolute atomic E-state index is 12.7. The van der Waals surface area contributed by atoms with Crippen LogP contribution in [-0.2, 0) is 6.18 Å². The molecule has 0 unspecified atom stereocenters. The van der Waals surface area contributed by atoms with E-state index >= 15 is 0 Å². The highest BCUT2D eigenvalue weighted by molar-refractivity contribution is 6.33. The van der Waals surface area contributed by atoms with Gasteiger partial charge in [-0.3, -0.25) is 0 Å². The Labute approximate surface area is 154 Å². The number of halogens is 4. The molecule has 1 aliphatic heterocycles. The second kappa shape index (κ2) is 7.14. The number of alkyl halides is 3. The lowest BCUT2D eigenvalue weighted by molar-refractivity contribution is -0.137. The average molecular weight is 387 g/mol. The van der Waals surface area contributed by atoms with Crippen LogP contribution in [0.1, 0.15) is 5.56 Å². The molecule has 0 radical (unpaired) electrons. The molecule has 2 aromatic rings. The average Bonchev–Trinajstić information content (AvgIpc) is 2.61. The molecule has 0 spiro atoms. The van der Waals surface area contributed by atoms with Crippen molar-refractivity contribution in [1.29, 1.82) is 0 Å². The predicted octanol–water partition coefficient (Wildman–Crippen LogP) is 2.94. The molecular formula is C16H18ClF3N6. The van der Waals surface area contributed by atoms with Crippen molar-refractivity contribution >= 4 is 29.1 Å². The van der Waals surface area contributed by atoms with Crippen molar-refractivity contribution in [2.75, 3.05) is 55.0 Å². The fourth-order valence-corrected chi connectivity index (χ4v) is 2.98. The highest BCUT2D eigenvalue weighted by Crippen LogP contribution is 2.33. The Hall–Kier alpha value is -2.29. The van der Waals surface area contributed by atoms with E-state index in [1.54, 1.807) is 0 Å². The molecule has 26 heavy (non-hydrogen) atoms. The van der Waals surface area contributed by atoms with Crippen LogP contribution in [0.15, 0.2) is 24.4 Å². The van der Waals surface area contributed by atoms with Crippen LogP contribution >= 0.6 is 11.6 Å². The van der Waals surface area contributed by atoms with E-state index in [0.29, 0.717) is 32.0 Å².